The third-order valence-corrected chi connectivity index (χ3v) is 5.83. The second kappa shape index (κ2) is 6.84. The fraction of sp³-hybridized carbons (Fsp3) is 0.600. The van der Waals surface area contributed by atoms with E-state index in [1.807, 2.05) is 19.2 Å². The topological polar surface area (TPSA) is 73.0 Å². The van der Waals surface area contributed by atoms with Gasteiger partial charge in [-0.3, -0.25) is 9.36 Å². The molecule has 0 atom stereocenters. The van der Waals surface area contributed by atoms with E-state index in [0.29, 0.717) is 41.8 Å². The summed E-state index contributed by atoms with van der Waals surface area (Å²) in [5.41, 5.74) is 1.25. The molecular weight excluding hydrogens is 314 g/mol. The predicted octanol–water partition coefficient (Wildman–Crippen LogP) is 1.67. The second-order valence-electron chi connectivity index (χ2n) is 6.17. The Labute approximate surface area is 138 Å². The zero-order chi connectivity index (χ0) is 17.2. The van der Waals surface area contributed by atoms with Gasteiger partial charge in [0.25, 0.3) is 0 Å². The molecule has 0 aliphatic rings. The van der Waals surface area contributed by atoms with Crippen molar-refractivity contribution in [2.75, 3.05) is 13.6 Å². The number of nitrogens with zero attached hydrogens (tertiary/aromatic N) is 5. The van der Waals surface area contributed by atoms with Gasteiger partial charge in [0.15, 0.2) is 0 Å². The third-order valence-electron chi connectivity index (χ3n) is 3.72. The monoisotopic (exact) mass is 339 g/mol. The number of sulfonamides is 1. The molecule has 0 spiro atoms. The van der Waals surface area contributed by atoms with Crippen LogP contribution >= 0.6 is 0 Å². The van der Waals surface area contributed by atoms with E-state index in [1.165, 1.54) is 4.31 Å². The van der Waals surface area contributed by atoms with E-state index < -0.39 is 10.0 Å². The average Bonchev–Trinajstić information content (AvgIpc) is 3.04. The van der Waals surface area contributed by atoms with Crippen molar-refractivity contribution < 1.29 is 8.42 Å². The van der Waals surface area contributed by atoms with E-state index in [4.69, 9.17) is 0 Å². The normalized spacial score (nSPS) is 12.5. The maximum atomic E-state index is 12.9. The van der Waals surface area contributed by atoms with Crippen LogP contribution in [0.15, 0.2) is 23.4 Å². The molecule has 128 valence electrons. The zero-order valence-electron chi connectivity index (χ0n) is 14.4. The zero-order valence-corrected chi connectivity index (χ0v) is 15.2. The van der Waals surface area contributed by atoms with Gasteiger partial charge < -0.3 is 0 Å². The van der Waals surface area contributed by atoms with Gasteiger partial charge >= 0.3 is 0 Å². The van der Waals surface area contributed by atoms with E-state index in [2.05, 4.69) is 24.0 Å². The number of likely N-dealkylation sites (N-methyl/N-ethyl adjacent to an activating group) is 1. The van der Waals surface area contributed by atoms with Crippen LogP contribution in [-0.4, -0.2) is 45.9 Å². The van der Waals surface area contributed by atoms with Crippen LogP contribution in [0.4, 0.5) is 0 Å². The maximum absolute atomic E-state index is 12.9. The number of rotatable bonds is 7. The van der Waals surface area contributed by atoms with Gasteiger partial charge in [-0.15, -0.1) is 0 Å². The minimum Gasteiger partial charge on any atom is -0.271 e. The molecule has 7 nitrogen and oxygen atoms in total. The molecule has 0 amide bonds. The molecule has 0 fully saturated rings. The molecule has 0 aromatic carbocycles. The van der Waals surface area contributed by atoms with Gasteiger partial charge in [-0.1, -0.05) is 13.8 Å². The highest BCUT2D eigenvalue weighted by Gasteiger charge is 2.28. The first-order valence-corrected chi connectivity index (χ1v) is 9.15. The third kappa shape index (κ3) is 3.81. The van der Waals surface area contributed by atoms with Crippen molar-refractivity contribution in [3.05, 3.63) is 29.8 Å². The summed E-state index contributed by atoms with van der Waals surface area (Å²) in [4.78, 5) is 0.320. The van der Waals surface area contributed by atoms with Gasteiger partial charge in [-0.2, -0.15) is 14.5 Å². The summed E-state index contributed by atoms with van der Waals surface area (Å²) in [7, 11) is -1.96. The lowest BCUT2D eigenvalue weighted by Crippen LogP contribution is -2.31. The number of hydrogen-bond acceptors (Lipinski definition) is 4. The standard InChI is InChI=1S/C15H25N5O2S/c1-12(2)11-20-14(4)15(13(3)17-20)23(21,22)18(5)9-10-19-8-6-7-16-19/h6-8,12H,9-11H2,1-5H3. The summed E-state index contributed by atoms with van der Waals surface area (Å²) < 4.78 is 30.6. The number of hydrogen-bond donors (Lipinski definition) is 0. The Morgan fingerprint density at radius 1 is 1.30 bits per heavy atom. The summed E-state index contributed by atoms with van der Waals surface area (Å²) in [5, 5.41) is 8.50. The van der Waals surface area contributed by atoms with Gasteiger partial charge in [-0.25, -0.2) is 8.42 Å². The highest BCUT2D eigenvalue weighted by molar-refractivity contribution is 7.89. The second-order valence-corrected chi connectivity index (χ2v) is 8.15. The Kier molecular flexibility index (Phi) is 5.26. The van der Waals surface area contributed by atoms with Crippen molar-refractivity contribution in [1.29, 1.82) is 0 Å². The summed E-state index contributed by atoms with van der Waals surface area (Å²) >= 11 is 0. The van der Waals surface area contributed by atoms with E-state index in [1.54, 1.807) is 29.5 Å². The molecule has 0 aliphatic carbocycles. The summed E-state index contributed by atoms with van der Waals surface area (Å²) in [6.07, 6.45) is 3.50. The minimum atomic E-state index is -3.56. The molecule has 0 N–H and O–H groups in total. The first kappa shape index (κ1) is 17.7. The maximum Gasteiger partial charge on any atom is 0.246 e. The van der Waals surface area contributed by atoms with Crippen molar-refractivity contribution in [1.82, 2.24) is 23.9 Å². The Morgan fingerprint density at radius 3 is 2.57 bits per heavy atom. The van der Waals surface area contributed by atoms with Gasteiger partial charge in [0, 0.05) is 32.5 Å². The van der Waals surface area contributed by atoms with Crippen molar-refractivity contribution in [3.63, 3.8) is 0 Å². The van der Waals surface area contributed by atoms with E-state index >= 15 is 0 Å². The summed E-state index contributed by atoms with van der Waals surface area (Å²) in [6.45, 7) is 9.31. The minimum absolute atomic E-state index is 0.320. The van der Waals surface area contributed by atoms with Crippen molar-refractivity contribution >= 4 is 10.0 Å². The predicted molar refractivity (Wildman–Crippen MR) is 88.6 cm³/mol. The first-order chi connectivity index (χ1) is 10.7. The molecule has 0 radical (unpaired) electrons. The van der Waals surface area contributed by atoms with E-state index in [9.17, 15) is 8.42 Å². The summed E-state index contributed by atoms with van der Waals surface area (Å²) in [5.74, 6) is 0.404. The highest BCUT2D eigenvalue weighted by Crippen LogP contribution is 2.23. The molecule has 0 bridgehead atoms. The van der Waals surface area contributed by atoms with Crippen LogP contribution in [0, 0.1) is 19.8 Å². The van der Waals surface area contributed by atoms with Gasteiger partial charge in [0.1, 0.15) is 4.90 Å². The average molecular weight is 339 g/mol. The molecule has 0 saturated carbocycles. The molecular formula is C15H25N5O2S. The molecule has 2 aromatic heterocycles. The Balaban J connectivity index is 2.23. The van der Waals surface area contributed by atoms with Crippen LogP contribution in [0.5, 0.6) is 0 Å². The van der Waals surface area contributed by atoms with Gasteiger partial charge in [0.2, 0.25) is 10.0 Å². The lowest BCUT2D eigenvalue weighted by atomic mass is 10.2. The number of aromatic nitrogens is 4. The van der Waals surface area contributed by atoms with Crippen LogP contribution in [-0.2, 0) is 23.1 Å². The molecule has 2 rings (SSSR count). The molecule has 2 heterocycles. The van der Waals surface area contributed by atoms with Crippen LogP contribution in [0.2, 0.25) is 0 Å². The molecule has 8 heteroatoms. The quantitative estimate of drug-likeness (QED) is 0.769. The van der Waals surface area contributed by atoms with Crippen LogP contribution in [0.1, 0.15) is 25.2 Å². The van der Waals surface area contributed by atoms with Crippen LogP contribution in [0.25, 0.3) is 0 Å². The van der Waals surface area contributed by atoms with Gasteiger partial charge in [-0.05, 0) is 25.8 Å². The van der Waals surface area contributed by atoms with Gasteiger partial charge in [0.05, 0.1) is 17.9 Å². The SMILES string of the molecule is Cc1nn(CC(C)C)c(C)c1S(=O)(=O)N(C)CCn1cccn1. The molecule has 0 aliphatic heterocycles. The fourth-order valence-corrected chi connectivity index (χ4v) is 4.06. The van der Waals surface area contributed by atoms with Crippen molar-refractivity contribution in [2.45, 2.75) is 45.7 Å². The lowest BCUT2D eigenvalue weighted by Gasteiger charge is -2.17. The lowest BCUT2D eigenvalue weighted by molar-refractivity contribution is 0.431. The highest BCUT2D eigenvalue weighted by atomic mass is 32.2. The number of aryl methyl sites for hydroxylation is 1. The largest absolute Gasteiger partial charge is 0.271 e. The Morgan fingerprint density at radius 2 is 2.00 bits per heavy atom. The Bertz CT molecular complexity index is 747. The van der Waals surface area contributed by atoms with E-state index in [0.717, 1.165) is 0 Å². The van der Waals surface area contributed by atoms with Crippen molar-refractivity contribution in [3.8, 4) is 0 Å². The molecule has 0 unspecified atom stereocenters. The van der Waals surface area contributed by atoms with Crippen LogP contribution < -0.4 is 0 Å². The molecule has 0 saturated heterocycles. The molecule has 23 heavy (non-hydrogen) atoms. The Hall–Kier alpha value is -1.67. The van der Waals surface area contributed by atoms with E-state index in [-0.39, 0.29) is 0 Å². The fourth-order valence-electron chi connectivity index (χ4n) is 2.53. The smallest absolute Gasteiger partial charge is 0.246 e. The van der Waals surface area contributed by atoms with Crippen molar-refractivity contribution in [2.24, 2.45) is 5.92 Å². The first-order valence-electron chi connectivity index (χ1n) is 7.71. The molecule has 2 aromatic rings. The van der Waals surface area contributed by atoms with Crippen LogP contribution in [0.3, 0.4) is 0 Å². The summed E-state index contributed by atoms with van der Waals surface area (Å²) in [6, 6.07) is 1.82.